The van der Waals surface area contributed by atoms with E-state index in [4.69, 9.17) is 27.9 Å². The quantitative estimate of drug-likeness (QED) is 0.322. The molecule has 0 aliphatic heterocycles. The van der Waals surface area contributed by atoms with Crippen LogP contribution < -0.4 is 10.1 Å². The van der Waals surface area contributed by atoms with Crippen molar-refractivity contribution in [3.8, 4) is 5.75 Å². The number of nitrogens with one attached hydrogen (secondary N) is 1. The molecule has 0 saturated heterocycles. The fraction of sp³-hybridized carbons (Fsp3) is 0.333. The fourth-order valence-corrected chi connectivity index (χ4v) is 5.00. The van der Waals surface area contributed by atoms with E-state index in [0.717, 1.165) is 36.8 Å². The molecular weight excluding hydrogens is 507 g/mol. The van der Waals surface area contributed by atoms with Gasteiger partial charge < -0.3 is 15.0 Å². The molecule has 0 spiro atoms. The molecule has 1 aliphatic carbocycles. The van der Waals surface area contributed by atoms with Gasteiger partial charge in [-0.2, -0.15) is 0 Å². The van der Waals surface area contributed by atoms with Crippen LogP contribution in [0.3, 0.4) is 0 Å². The van der Waals surface area contributed by atoms with E-state index in [-0.39, 0.29) is 31.0 Å². The van der Waals surface area contributed by atoms with Crippen molar-refractivity contribution in [3.05, 3.63) is 100 Å². The van der Waals surface area contributed by atoms with Gasteiger partial charge in [0.1, 0.15) is 11.8 Å². The van der Waals surface area contributed by atoms with Crippen molar-refractivity contribution in [2.24, 2.45) is 0 Å². The summed E-state index contributed by atoms with van der Waals surface area (Å²) in [6.45, 7) is 0.0107. The number of hydrogen-bond donors (Lipinski definition) is 1. The lowest BCUT2D eigenvalue weighted by Gasteiger charge is -2.33. The van der Waals surface area contributed by atoms with Crippen LogP contribution in [0, 0.1) is 0 Å². The van der Waals surface area contributed by atoms with Gasteiger partial charge in [0.25, 0.3) is 5.91 Å². The Bertz CT molecular complexity index is 1170. The Hall–Kier alpha value is -3.02. The number of halogens is 2. The average Bonchev–Trinajstić information content (AvgIpc) is 2.93. The first kappa shape index (κ1) is 27.0. The maximum atomic E-state index is 13.8. The summed E-state index contributed by atoms with van der Waals surface area (Å²) in [6, 6.07) is 23.6. The lowest BCUT2D eigenvalue weighted by Crippen LogP contribution is -2.53. The highest BCUT2D eigenvalue weighted by molar-refractivity contribution is 6.42. The Labute approximate surface area is 228 Å². The summed E-state index contributed by atoms with van der Waals surface area (Å²) in [6.07, 6.45) is 5.70. The number of ether oxygens (including phenoxy) is 1. The van der Waals surface area contributed by atoms with E-state index < -0.39 is 6.04 Å². The van der Waals surface area contributed by atoms with E-state index in [1.54, 1.807) is 29.2 Å². The van der Waals surface area contributed by atoms with E-state index in [9.17, 15) is 9.59 Å². The highest BCUT2D eigenvalue weighted by Gasteiger charge is 2.32. The molecule has 5 nitrogen and oxygen atoms in total. The first-order valence-electron chi connectivity index (χ1n) is 12.7. The van der Waals surface area contributed by atoms with Crippen LogP contribution in [-0.4, -0.2) is 35.4 Å². The van der Waals surface area contributed by atoms with E-state index in [1.807, 2.05) is 54.6 Å². The van der Waals surface area contributed by atoms with Crippen molar-refractivity contribution < 1.29 is 14.3 Å². The highest BCUT2D eigenvalue weighted by Crippen LogP contribution is 2.25. The monoisotopic (exact) mass is 538 g/mol. The zero-order chi connectivity index (χ0) is 26.0. The van der Waals surface area contributed by atoms with E-state index >= 15 is 0 Å². The standard InChI is InChI=1S/C30H32Cl2N2O3/c31-26-17-16-23(18-27(26)32)20-34(29(35)21-37-25-14-8-3-9-15-25)28(19-22-10-4-1-5-11-22)30(36)33-24-12-6-2-7-13-24/h1,3-5,8-11,14-18,24,28H,2,6-7,12-13,19-21H2,(H,33,36)/t28-/m1/s1. The number of carbonyl (C=O) groups excluding carboxylic acids is 2. The lowest BCUT2D eigenvalue weighted by atomic mass is 9.94. The molecule has 194 valence electrons. The first-order chi connectivity index (χ1) is 18.0. The normalized spacial score (nSPS) is 14.5. The zero-order valence-corrected chi connectivity index (χ0v) is 22.3. The van der Waals surface area contributed by atoms with Crippen LogP contribution in [0.25, 0.3) is 0 Å². The molecule has 0 unspecified atom stereocenters. The summed E-state index contributed by atoms with van der Waals surface area (Å²) in [5, 5.41) is 4.07. The maximum absolute atomic E-state index is 13.8. The smallest absolute Gasteiger partial charge is 0.261 e. The Morgan fingerprint density at radius 3 is 2.22 bits per heavy atom. The molecule has 1 aliphatic rings. The van der Waals surface area contributed by atoms with Crippen LogP contribution in [0.5, 0.6) is 5.75 Å². The van der Waals surface area contributed by atoms with Gasteiger partial charge in [-0.05, 0) is 48.2 Å². The zero-order valence-electron chi connectivity index (χ0n) is 20.7. The second-order valence-electron chi connectivity index (χ2n) is 9.42. The molecule has 1 saturated carbocycles. The molecule has 7 heteroatoms. The van der Waals surface area contributed by atoms with E-state index in [1.165, 1.54) is 6.42 Å². The van der Waals surface area contributed by atoms with Crippen molar-refractivity contribution >= 4 is 35.0 Å². The number of carbonyl (C=O) groups is 2. The van der Waals surface area contributed by atoms with Gasteiger partial charge in [0, 0.05) is 19.0 Å². The van der Waals surface area contributed by atoms with Gasteiger partial charge in [-0.15, -0.1) is 0 Å². The Kier molecular flexibility index (Phi) is 9.86. The molecule has 37 heavy (non-hydrogen) atoms. The van der Waals surface area contributed by atoms with Crippen LogP contribution in [0.1, 0.15) is 43.2 Å². The minimum Gasteiger partial charge on any atom is -0.484 e. The van der Waals surface area contributed by atoms with E-state index in [0.29, 0.717) is 22.2 Å². The molecule has 0 heterocycles. The third kappa shape index (κ3) is 7.98. The predicted octanol–water partition coefficient (Wildman–Crippen LogP) is 6.46. The first-order valence-corrected chi connectivity index (χ1v) is 13.5. The molecule has 3 aromatic rings. The average molecular weight is 540 g/mol. The lowest BCUT2D eigenvalue weighted by molar-refractivity contribution is -0.143. The summed E-state index contributed by atoms with van der Waals surface area (Å²) in [7, 11) is 0. The Morgan fingerprint density at radius 2 is 1.54 bits per heavy atom. The second kappa shape index (κ2) is 13.5. The predicted molar refractivity (Wildman–Crippen MR) is 148 cm³/mol. The third-order valence-corrected chi connectivity index (χ3v) is 7.40. The summed E-state index contributed by atoms with van der Waals surface area (Å²) < 4.78 is 5.79. The molecule has 3 aromatic carbocycles. The van der Waals surface area contributed by atoms with Crippen molar-refractivity contribution in [3.63, 3.8) is 0 Å². The highest BCUT2D eigenvalue weighted by atomic mass is 35.5. The molecule has 1 N–H and O–H groups in total. The minimum absolute atomic E-state index is 0.127. The summed E-state index contributed by atoms with van der Waals surface area (Å²) in [5.74, 6) is 0.162. The van der Waals surface area contributed by atoms with Crippen LogP contribution in [0.4, 0.5) is 0 Å². The van der Waals surface area contributed by atoms with Crippen molar-refractivity contribution in [2.45, 2.75) is 57.2 Å². The van der Waals surface area contributed by atoms with Gasteiger partial charge in [-0.3, -0.25) is 9.59 Å². The SMILES string of the molecule is O=C(NC1CCCCC1)[C@@H](Cc1ccccc1)N(Cc1ccc(Cl)c(Cl)c1)C(=O)COc1ccccc1. The maximum Gasteiger partial charge on any atom is 0.261 e. The fourth-order valence-electron chi connectivity index (χ4n) is 4.68. The van der Waals surface area contributed by atoms with Crippen LogP contribution in [0.2, 0.25) is 10.0 Å². The number of rotatable bonds is 10. The van der Waals surface area contributed by atoms with Gasteiger partial charge in [-0.1, -0.05) is 97.1 Å². The van der Waals surface area contributed by atoms with Gasteiger partial charge in [0.2, 0.25) is 5.91 Å². The number of para-hydroxylation sites is 1. The molecule has 0 radical (unpaired) electrons. The minimum atomic E-state index is -0.717. The molecule has 4 rings (SSSR count). The van der Waals surface area contributed by atoms with Crippen LogP contribution in [-0.2, 0) is 22.6 Å². The Balaban J connectivity index is 1.62. The summed E-state index contributed by atoms with van der Waals surface area (Å²) in [4.78, 5) is 29.0. The molecule has 1 atom stereocenters. The molecular formula is C30H32Cl2N2O3. The Morgan fingerprint density at radius 1 is 0.865 bits per heavy atom. The van der Waals surface area contributed by atoms with Crippen molar-refractivity contribution in [1.29, 1.82) is 0 Å². The third-order valence-electron chi connectivity index (χ3n) is 6.67. The van der Waals surface area contributed by atoms with Crippen molar-refractivity contribution in [1.82, 2.24) is 10.2 Å². The largest absolute Gasteiger partial charge is 0.484 e. The second-order valence-corrected chi connectivity index (χ2v) is 10.2. The van der Waals surface area contributed by atoms with Crippen LogP contribution in [0.15, 0.2) is 78.9 Å². The molecule has 0 bridgehead atoms. The summed E-state index contributed by atoms with van der Waals surface area (Å²) >= 11 is 12.4. The molecule has 2 amide bonds. The topological polar surface area (TPSA) is 58.6 Å². The van der Waals surface area contributed by atoms with Crippen molar-refractivity contribution in [2.75, 3.05) is 6.61 Å². The van der Waals surface area contributed by atoms with Crippen LogP contribution >= 0.6 is 23.2 Å². The van der Waals surface area contributed by atoms with Gasteiger partial charge in [0.15, 0.2) is 6.61 Å². The van der Waals surface area contributed by atoms with E-state index in [2.05, 4.69) is 5.32 Å². The molecule has 0 aromatic heterocycles. The van der Waals surface area contributed by atoms with Gasteiger partial charge in [-0.25, -0.2) is 0 Å². The summed E-state index contributed by atoms with van der Waals surface area (Å²) in [5.41, 5.74) is 1.76. The number of nitrogens with zero attached hydrogens (tertiary/aromatic N) is 1. The number of hydrogen-bond acceptors (Lipinski definition) is 3. The molecule has 1 fully saturated rings. The number of benzene rings is 3. The van der Waals surface area contributed by atoms with Gasteiger partial charge >= 0.3 is 0 Å². The van der Waals surface area contributed by atoms with Gasteiger partial charge in [0.05, 0.1) is 10.0 Å². The number of amides is 2.